The third-order valence-electron chi connectivity index (χ3n) is 3.81. The summed E-state index contributed by atoms with van der Waals surface area (Å²) in [4.78, 5) is 27.2. The summed E-state index contributed by atoms with van der Waals surface area (Å²) in [6.07, 6.45) is 4.93. The lowest BCUT2D eigenvalue weighted by molar-refractivity contribution is -0.136. The number of carbonyl (C=O) groups is 2. The largest absolute Gasteiger partial charge is 0.341 e. The molecule has 0 aromatic heterocycles. The minimum Gasteiger partial charge on any atom is -0.341 e. The predicted octanol–water partition coefficient (Wildman–Crippen LogP) is 1.05. The topological polar surface area (TPSA) is 40.6 Å². The number of hydrogen-bond acceptors (Lipinski definition) is 3. The Hall–Kier alpha value is -0.900. The summed E-state index contributed by atoms with van der Waals surface area (Å²) in [7, 11) is 0. The van der Waals surface area contributed by atoms with Crippen LogP contribution in [-0.4, -0.2) is 53.7 Å². The van der Waals surface area contributed by atoms with E-state index in [1.54, 1.807) is 0 Å². The van der Waals surface area contributed by atoms with E-state index >= 15 is 0 Å². The van der Waals surface area contributed by atoms with Crippen LogP contribution in [-0.2, 0) is 9.59 Å². The van der Waals surface area contributed by atoms with Gasteiger partial charge in [-0.25, -0.2) is 0 Å². The number of hydrogen-bond donors (Lipinski definition) is 0. The lowest BCUT2D eigenvalue weighted by Crippen LogP contribution is -2.49. The Morgan fingerprint density at radius 2 is 1.82 bits per heavy atom. The van der Waals surface area contributed by atoms with Crippen molar-refractivity contribution in [1.82, 2.24) is 9.80 Å². The van der Waals surface area contributed by atoms with E-state index in [9.17, 15) is 9.59 Å². The highest BCUT2D eigenvalue weighted by Crippen LogP contribution is 2.20. The molecule has 96 valence electrons. The summed E-state index contributed by atoms with van der Waals surface area (Å²) in [5, 5.41) is 0. The van der Waals surface area contributed by atoms with Crippen LogP contribution in [0.4, 0.5) is 0 Å². The zero-order chi connectivity index (χ0) is 12.3. The zero-order valence-electron chi connectivity index (χ0n) is 10.7. The van der Waals surface area contributed by atoms with Crippen molar-refractivity contribution in [2.24, 2.45) is 0 Å². The van der Waals surface area contributed by atoms with Crippen LogP contribution < -0.4 is 0 Å². The fourth-order valence-corrected chi connectivity index (χ4v) is 2.91. The minimum absolute atomic E-state index is 0.0152. The molecular formula is C13H22N2O2. The van der Waals surface area contributed by atoms with Gasteiger partial charge in [0.1, 0.15) is 5.78 Å². The van der Waals surface area contributed by atoms with E-state index in [4.69, 9.17) is 0 Å². The number of Topliss-reactive ketones (excluding diaryl/α,β-unsaturated/α-hetero) is 1. The molecule has 1 atom stereocenters. The van der Waals surface area contributed by atoms with Gasteiger partial charge in [0.25, 0.3) is 0 Å². The molecule has 2 rings (SSSR count). The number of amides is 1. The Labute approximate surface area is 103 Å². The van der Waals surface area contributed by atoms with Crippen LogP contribution in [0.5, 0.6) is 0 Å². The molecule has 0 bridgehead atoms. The van der Waals surface area contributed by atoms with Gasteiger partial charge in [-0.05, 0) is 45.7 Å². The van der Waals surface area contributed by atoms with Crippen LogP contribution in [0, 0.1) is 0 Å². The number of piperidine rings is 1. The molecule has 2 saturated heterocycles. The van der Waals surface area contributed by atoms with Crippen LogP contribution in [0.2, 0.25) is 0 Å². The first-order valence-electron chi connectivity index (χ1n) is 6.68. The van der Waals surface area contributed by atoms with Crippen molar-refractivity contribution in [1.29, 1.82) is 0 Å². The van der Waals surface area contributed by atoms with Crippen LogP contribution in [0.1, 0.15) is 39.0 Å². The van der Waals surface area contributed by atoms with Crippen molar-refractivity contribution < 1.29 is 9.59 Å². The quantitative estimate of drug-likeness (QED) is 0.690. The molecule has 0 saturated carbocycles. The number of ketones is 1. The van der Waals surface area contributed by atoms with E-state index in [0.29, 0.717) is 6.04 Å². The summed E-state index contributed by atoms with van der Waals surface area (Å²) < 4.78 is 0. The van der Waals surface area contributed by atoms with Crippen LogP contribution in [0.15, 0.2) is 0 Å². The molecule has 0 radical (unpaired) electrons. The average Bonchev–Trinajstić information content (AvgIpc) is 2.82. The van der Waals surface area contributed by atoms with E-state index in [-0.39, 0.29) is 18.1 Å². The van der Waals surface area contributed by atoms with Gasteiger partial charge in [-0.3, -0.25) is 14.5 Å². The van der Waals surface area contributed by atoms with Crippen molar-refractivity contribution in [3.05, 3.63) is 0 Å². The lowest BCUT2D eigenvalue weighted by atomic mass is 10.0. The van der Waals surface area contributed by atoms with Crippen LogP contribution >= 0.6 is 0 Å². The van der Waals surface area contributed by atoms with Gasteiger partial charge >= 0.3 is 0 Å². The fourth-order valence-electron chi connectivity index (χ4n) is 2.91. The summed E-state index contributed by atoms with van der Waals surface area (Å²) in [5.41, 5.74) is 0. The lowest BCUT2D eigenvalue weighted by Gasteiger charge is -2.37. The Kier molecular flexibility index (Phi) is 4.15. The van der Waals surface area contributed by atoms with Gasteiger partial charge in [-0.15, -0.1) is 0 Å². The highest BCUT2D eigenvalue weighted by atomic mass is 16.2. The molecule has 2 aliphatic rings. The van der Waals surface area contributed by atoms with Crippen molar-refractivity contribution in [3.63, 3.8) is 0 Å². The molecule has 0 N–H and O–H groups in total. The van der Waals surface area contributed by atoms with E-state index in [2.05, 4.69) is 4.90 Å². The van der Waals surface area contributed by atoms with E-state index in [1.165, 1.54) is 39.3 Å². The summed E-state index contributed by atoms with van der Waals surface area (Å²) in [6.45, 7) is 5.50. The molecule has 0 aliphatic carbocycles. The Bertz CT molecular complexity index is 298. The fraction of sp³-hybridized carbons (Fsp3) is 0.846. The highest BCUT2D eigenvalue weighted by molar-refractivity contribution is 5.96. The summed E-state index contributed by atoms with van der Waals surface area (Å²) in [6, 6.07) is 0.530. The Balaban J connectivity index is 1.87. The second-order valence-electron chi connectivity index (χ2n) is 5.26. The third kappa shape index (κ3) is 3.28. The van der Waals surface area contributed by atoms with Gasteiger partial charge in [0, 0.05) is 19.1 Å². The maximum atomic E-state index is 11.9. The summed E-state index contributed by atoms with van der Waals surface area (Å²) >= 11 is 0. The van der Waals surface area contributed by atoms with E-state index in [0.717, 1.165) is 19.5 Å². The molecule has 2 aliphatic heterocycles. The maximum absolute atomic E-state index is 11.9. The van der Waals surface area contributed by atoms with Gasteiger partial charge < -0.3 is 4.90 Å². The van der Waals surface area contributed by atoms with Crippen molar-refractivity contribution in [2.75, 3.05) is 26.2 Å². The van der Waals surface area contributed by atoms with E-state index in [1.807, 2.05) is 4.90 Å². The maximum Gasteiger partial charge on any atom is 0.230 e. The van der Waals surface area contributed by atoms with Crippen LogP contribution in [0.25, 0.3) is 0 Å². The highest BCUT2D eigenvalue weighted by Gasteiger charge is 2.29. The molecule has 2 heterocycles. The van der Waals surface area contributed by atoms with Gasteiger partial charge in [-0.2, -0.15) is 0 Å². The number of likely N-dealkylation sites (tertiary alicyclic amines) is 2. The number of nitrogens with zero attached hydrogens (tertiary/aromatic N) is 2. The molecule has 4 heteroatoms. The Morgan fingerprint density at radius 1 is 1.12 bits per heavy atom. The molecule has 4 nitrogen and oxygen atoms in total. The SMILES string of the molecule is CC(=O)CC(=O)N1CCCC(N2CCCC2)C1. The molecule has 1 unspecified atom stereocenters. The normalized spacial score (nSPS) is 26.2. The van der Waals surface area contributed by atoms with E-state index < -0.39 is 0 Å². The molecule has 0 aromatic rings. The molecule has 0 aromatic carbocycles. The van der Waals surface area contributed by atoms with Crippen molar-refractivity contribution >= 4 is 11.7 Å². The molecule has 2 fully saturated rings. The molecule has 1 amide bonds. The Morgan fingerprint density at radius 3 is 2.47 bits per heavy atom. The monoisotopic (exact) mass is 238 g/mol. The first kappa shape index (κ1) is 12.6. The first-order chi connectivity index (χ1) is 8.16. The predicted molar refractivity (Wildman–Crippen MR) is 65.7 cm³/mol. The smallest absolute Gasteiger partial charge is 0.230 e. The van der Waals surface area contributed by atoms with Gasteiger partial charge in [0.05, 0.1) is 6.42 Å². The van der Waals surface area contributed by atoms with Gasteiger partial charge in [-0.1, -0.05) is 0 Å². The van der Waals surface area contributed by atoms with Gasteiger partial charge in [0.2, 0.25) is 5.91 Å². The second kappa shape index (κ2) is 5.63. The van der Waals surface area contributed by atoms with Gasteiger partial charge in [0.15, 0.2) is 0 Å². The zero-order valence-corrected chi connectivity index (χ0v) is 10.7. The first-order valence-corrected chi connectivity index (χ1v) is 6.68. The molecular weight excluding hydrogens is 216 g/mol. The van der Waals surface area contributed by atoms with Crippen LogP contribution in [0.3, 0.4) is 0 Å². The number of rotatable bonds is 3. The number of carbonyl (C=O) groups excluding carboxylic acids is 2. The third-order valence-corrected chi connectivity index (χ3v) is 3.81. The average molecular weight is 238 g/mol. The van der Waals surface area contributed by atoms with Crippen molar-refractivity contribution in [3.8, 4) is 0 Å². The molecule has 0 spiro atoms. The minimum atomic E-state index is -0.0294. The summed E-state index contributed by atoms with van der Waals surface area (Å²) in [5.74, 6) is -0.0142. The van der Waals surface area contributed by atoms with Crippen molar-refractivity contribution in [2.45, 2.75) is 45.1 Å². The molecule has 17 heavy (non-hydrogen) atoms. The standard InChI is InChI=1S/C13H22N2O2/c1-11(16)9-13(17)15-8-4-5-12(10-15)14-6-2-3-7-14/h12H,2-10H2,1H3. The second-order valence-corrected chi connectivity index (χ2v) is 5.26.